The van der Waals surface area contributed by atoms with Gasteiger partial charge in [-0.25, -0.2) is 4.98 Å². The molecule has 0 bridgehead atoms. The van der Waals surface area contributed by atoms with Crippen molar-refractivity contribution in [3.05, 3.63) is 71.9 Å². The van der Waals surface area contributed by atoms with Crippen molar-refractivity contribution in [2.75, 3.05) is 0 Å². The first-order valence-corrected chi connectivity index (χ1v) is 7.01. The quantitative estimate of drug-likeness (QED) is 0.655. The van der Waals surface area contributed by atoms with Crippen LogP contribution < -0.4 is 4.74 Å². The standard InChI is InChI=1S/C17H14ClNO/c18-11-15-10-14-8-4-5-9-16(14)17(19-15)20-12-13-6-2-1-3-7-13/h1-10H,11-12H2. The van der Waals surface area contributed by atoms with E-state index in [4.69, 9.17) is 16.3 Å². The van der Waals surface area contributed by atoms with Gasteiger partial charge in [0.25, 0.3) is 0 Å². The summed E-state index contributed by atoms with van der Waals surface area (Å²) in [5.74, 6) is 1.02. The Morgan fingerprint density at radius 3 is 2.50 bits per heavy atom. The average molecular weight is 284 g/mol. The van der Waals surface area contributed by atoms with Crippen molar-refractivity contribution in [2.45, 2.75) is 12.5 Å². The van der Waals surface area contributed by atoms with Crippen molar-refractivity contribution >= 4 is 22.4 Å². The molecule has 0 aliphatic rings. The average Bonchev–Trinajstić information content (AvgIpc) is 2.53. The molecular formula is C17H14ClNO. The van der Waals surface area contributed by atoms with Gasteiger partial charge in [0.15, 0.2) is 0 Å². The van der Waals surface area contributed by atoms with Gasteiger partial charge < -0.3 is 4.74 Å². The summed E-state index contributed by atoms with van der Waals surface area (Å²) in [6.45, 7) is 0.504. The number of benzene rings is 2. The van der Waals surface area contributed by atoms with E-state index < -0.39 is 0 Å². The highest BCUT2D eigenvalue weighted by Crippen LogP contribution is 2.25. The van der Waals surface area contributed by atoms with Crippen LogP contribution in [0.5, 0.6) is 5.88 Å². The molecular weight excluding hydrogens is 270 g/mol. The number of aromatic nitrogens is 1. The van der Waals surface area contributed by atoms with Crippen LogP contribution in [0.3, 0.4) is 0 Å². The number of alkyl halides is 1. The van der Waals surface area contributed by atoms with Crippen LogP contribution in [0.2, 0.25) is 0 Å². The molecule has 3 aromatic rings. The topological polar surface area (TPSA) is 22.1 Å². The molecule has 1 heterocycles. The van der Waals surface area contributed by atoms with Crippen LogP contribution in [0, 0.1) is 0 Å². The fourth-order valence-corrected chi connectivity index (χ4v) is 2.26. The van der Waals surface area contributed by atoms with Gasteiger partial charge in [-0.05, 0) is 23.1 Å². The predicted octanol–water partition coefficient (Wildman–Crippen LogP) is 4.55. The Hall–Kier alpha value is -2.06. The number of rotatable bonds is 4. The highest BCUT2D eigenvalue weighted by Gasteiger charge is 2.06. The molecule has 2 aromatic carbocycles. The zero-order chi connectivity index (χ0) is 13.8. The van der Waals surface area contributed by atoms with E-state index in [1.807, 2.05) is 60.7 Å². The van der Waals surface area contributed by atoms with Crippen molar-refractivity contribution in [1.82, 2.24) is 4.98 Å². The molecule has 3 heteroatoms. The van der Waals surface area contributed by atoms with E-state index in [0.29, 0.717) is 18.4 Å². The Morgan fingerprint density at radius 1 is 0.950 bits per heavy atom. The minimum absolute atomic E-state index is 0.381. The van der Waals surface area contributed by atoms with Crippen molar-refractivity contribution in [2.24, 2.45) is 0 Å². The summed E-state index contributed by atoms with van der Waals surface area (Å²) in [5.41, 5.74) is 1.95. The third-order valence-electron chi connectivity index (χ3n) is 3.11. The molecule has 0 saturated heterocycles. The van der Waals surface area contributed by atoms with E-state index in [1.54, 1.807) is 0 Å². The Labute approximate surface area is 123 Å². The maximum Gasteiger partial charge on any atom is 0.221 e. The molecule has 2 nitrogen and oxygen atoms in total. The van der Waals surface area contributed by atoms with Crippen LogP contribution in [0.1, 0.15) is 11.3 Å². The van der Waals surface area contributed by atoms with Crippen LogP contribution in [0.25, 0.3) is 10.8 Å². The lowest BCUT2D eigenvalue weighted by molar-refractivity contribution is 0.297. The molecule has 0 atom stereocenters. The Morgan fingerprint density at radius 2 is 1.70 bits per heavy atom. The van der Waals surface area contributed by atoms with Gasteiger partial charge >= 0.3 is 0 Å². The van der Waals surface area contributed by atoms with Gasteiger partial charge in [-0.3, -0.25) is 0 Å². The molecule has 0 unspecified atom stereocenters. The highest BCUT2D eigenvalue weighted by molar-refractivity contribution is 6.17. The number of halogens is 1. The third kappa shape index (κ3) is 2.75. The highest BCUT2D eigenvalue weighted by atomic mass is 35.5. The number of fused-ring (bicyclic) bond motifs is 1. The Balaban J connectivity index is 1.93. The van der Waals surface area contributed by atoms with Crippen molar-refractivity contribution in [1.29, 1.82) is 0 Å². The van der Waals surface area contributed by atoms with Crippen LogP contribution in [0.4, 0.5) is 0 Å². The lowest BCUT2D eigenvalue weighted by Gasteiger charge is -2.10. The van der Waals surface area contributed by atoms with Gasteiger partial charge in [0.2, 0.25) is 5.88 Å². The lowest BCUT2D eigenvalue weighted by Crippen LogP contribution is -1.99. The molecule has 0 fully saturated rings. The smallest absolute Gasteiger partial charge is 0.221 e. The summed E-state index contributed by atoms with van der Waals surface area (Å²) in [6.07, 6.45) is 0. The third-order valence-corrected chi connectivity index (χ3v) is 3.39. The molecule has 0 spiro atoms. The van der Waals surface area contributed by atoms with Gasteiger partial charge in [0, 0.05) is 5.39 Å². The minimum atomic E-state index is 0.381. The van der Waals surface area contributed by atoms with Gasteiger partial charge in [-0.2, -0.15) is 0 Å². The molecule has 0 saturated carbocycles. The molecule has 0 N–H and O–H groups in total. The number of hydrogen-bond acceptors (Lipinski definition) is 2. The summed E-state index contributed by atoms with van der Waals surface area (Å²) in [5, 5.41) is 2.11. The Bertz CT molecular complexity index is 713. The molecule has 0 amide bonds. The van der Waals surface area contributed by atoms with Gasteiger partial charge in [-0.1, -0.05) is 48.5 Å². The summed E-state index contributed by atoms with van der Waals surface area (Å²) in [7, 11) is 0. The predicted molar refractivity (Wildman–Crippen MR) is 82.1 cm³/mol. The maximum absolute atomic E-state index is 5.90. The van der Waals surface area contributed by atoms with E-state index in [9.17, 15) is 0 Å². The molecule has 3 rings (SSSR count). The fraction of sp³-hybridized carbons (Fsp3) is 0.118. The molecule has 20 heavy (non-hydrogen) atoms. The number of ether oxygens (including phenoxy) is 1. The minimum Gasteiger partial charge on any atom is -0.472 e. The number of hydrogen-bond donors (Lipinski definition) is 0. The first-order valence-electron chi connectivity index (χ1n) is 6.48. The van der Waals surface area contributed by atoms with Gasteiger partial charge in [0.05, 0.1) is 11.6 Å². The molecule has 0 radical (unpaired) electrons. The van der Waals surface area contributed by atoms with Crippen molar-refractivity contribution < 1.29 is 4.74 Å². The summed E-state index contributed by atoms with van der Waals surface area (Å²) in [6, 6.07) is 20.1. The maximum atomic E-state index is 5.90. The largest absolute Gasteiger partial charge is 0.472 e. The van der Waals surface area contributed by atoms with E-state index in [-0.39, 0.29) is 0 Å². The van der Waals surface area contributed by atoms with E-state index in [1.165, 1.54) is 0 Å². The first kappa shape index (κ1) is 12.9. The van der Waals surface area contributed by atoms with Crippen molar-refractivity contribution in [3.8, 4) is 5.88 Å². The van der Waals surface area contributed by atoms with Crippen LogP contribution in [0.15, 0.2) is 60.7 Å². The second kappa shape index (κ2) is 5.93. The van der Waals surface area contributed by atoms with Crippen molar-refractivity contribution in [3.63, 3.8) is 0 Å². The lowest BCUT2D eigenvalue weighted by atomic mass is 10.1. The van der Waals surface area contributed by atoms with Crippen LogP contribution >= 0.6 is 11.6 Å². The summed E-state index contributed by atoms with van der Waals surface area (Å²) >= 11 is 5.90. The summed E-state index contributed by atoms with van der Waals surface area (Å²) < 4.78 is 5.88. The number of nitrogens with zero attached hydrogens (tertiary/aromatic N) is 1. The van der Waals surface area contributed by atoms with E-state index in [2.05, 4.69) is 4.98 Å². The SMILES string of the molecule is ClCc1cc2ccccc2c(OCc2ccccc2)n1. The van der Waals surface area contributed by atoms with E-state index in [0.717, 1.165) is 22.0 Å². The molecule has 0 aliphatic heterocycles. The monoisotopic (exact) mass is 283 g/mol. The van der Waals surface area contributed by atoms with E-state index >= 15 is 0 Å². The first-order chi connectivity index (χ1) is 9.86. The normalized spacial score (nSPS) is 10.7. The van der Waals surface area contributed by atoms with Gasteiger partial charge in [0.1, 0.15) is 6.61 Å². The zero-order valence-corrected chi connectivity index (χ0v) is 11.7. The summed E-state index contributed by atoms with van der Waals surface area (Å²) in [4.78, 5) is 4.48. The fourth-order valence-electron chi connectivity index (χ4n) is 2.12. The molecule has 1 aromatic heterocycles. The molecule has 100 valence electrons. The molecule has 0 aliphatic carbocycles. The zero-order valence-electron chi connectivity index (χ0n) is 10.9. The Kier molecular flexibility index (Phi) is 3.84. The van der Waals surface area contributed by atoms with Gasteiger partial charge in [-0.15, -0.1) is 11.6 Å². The van der Waals surface area contributed by atoms with Crippen LogP contribution in [-0.2, 0) is 12.5 Å². The second-order valence-electron chi connectivity index (χ2n) is 4.55. The van der Waals surface area contributed by atoms with Crippen LogP contribution in [-0.4, -0.2) is 4.98 Å². The number of pyridine rings is 1. The second-order valence-corrected chi connectivity index (χ2v) is 4.82.